The molecule has 1 heterocycles. The van der Waals surface area contributed by atoms with Gasteiger partial charge >= 0.3 is 0 Å². The van der Waals surface area contributed by atoms with Gasteiger partial charge in [-0.15, -0.1) is 0 Å². The van der Waals surface area contributed by atoms with E-state index >= 15 is 0 Å². The molecule has 0 radical (unpaired) electrons. The summed E-state index contributed by atoms with van der Waals surface area (Å²) in [6, 6.07) is 5.57. The molecule has 1 aliphatic rings. The third kappa shape index (κ3) is 5.30. The van der Waals surface area contributed by atoms with Crippen LogP contribution in [0.1, 0.15) is 47.4 Å². The Morgan fingerprint density at radius 3 is 2.91 bits per heavy atom. The average Bonchev–Trinajstić information content (AvgIpc) is 2.51. The molecule has 0 bridgehead atoms. The molecule has 0 aromatic heterocycles. The van der Waals surface area contributed by atoms with Gasteiger partial charge in [0.25, 0.3) is 16.0 Å². The molecule has 1 aromatic carbocycles. The van der Waals surface area contributed by atoms with Gasteiger partial charge in [0.2, 0.25) is 0 Å². The van der Waals surface area contributed by atoms with Crippen LogP contribution in [-0.2, 0) is 25.5 Å². The monoisotopic (exact) mass is 341 g/mol. The van der Waals surface area contributed by atoms with Gasteiger partial charge < -0.3 is 10.1 Å². The molecule has 1 unspecified atom stereocenters. The van der Waals surface area contributed by atoms with E-state index in [9.17, 15) is 13.2 Å². The second-order valence-corrected chi connectivity index (χ2v) is 7.24. The van der Waals surface area contributed by atoms with Crippen LogP contribution in [0.4, 0.5) is 0 Å². The summed E-state index contributed by atoms with van der Waals surface area (Å²) in [7, 11) is -3.44. The molecule has 0 aliphatic carbocycles. The lowest BCUT2D eigenvalue weighted by atomic mass is 9.94. The first kappa shape index (κ1) is 17.9. The molecule has 0 fully saturated rings. The van der Waals surface area contributed by atoms with E-state index < -0.39 is 10.1 Å². The maximum absolute atomic E-state index is 12.0. The van der Waals surface area contributed by atoms with Crippen molar-refractivity contribution in [3.8, 4) is 0 Å². The maximum Gasteiger partial charge on any atom is 0.264 e. The van der Waals surface area contributed by atoms with E-state index in [2.05, 4.69) is 5.32 Å². The summed E-state index contributed by atoms with van der Waals surface area (Å²) >= 11 is 0. The zero-order valence-electron chi connectivity index (χ0n) is 13.5. The molecule has 7 heteroatoms. The van der Waals surface area contributed by atoms with Crippen LogP contribution < -0.4 is 5.32 Å². The molecule has 23 heavy (non-hydrogen) atoms. The number of carbonyl (C=O) groups excluding carboxylic acids is 1. The SMILES string of the molecule is CCCNC(=O)c1ccc2c(c1)CCOC2CCOS(C)(=O)=O. The number of carbonyl (C=O) groups is 1. The molecular weight excluding hydrogens is 318 g/mol. The number of ether oxygens (including phenoxy) is 1. The van der Waals surface area contributed by atoms with E-state index in [1.807, 2.05) is 19.1 Å². The Hall–Kier alpha value is -1.44. The zero-order chi connectivity index (χ0) is 16.9. The first-order valence-corrected chi connectivity index (χ1v) is 9.59. The average molecular weight is 341 g/mol. The van der Waals surface area contributed by atoms with Crippen molar-refractivity contribution in [3.63, 3.8) is 0 Å². The zero-order valence-corrected chi connectivity index (χ0v) is 14.3. The van der Waals surface area contributed by atoms with E-state index in [0.29, 0.717) is 25.1 Å². The van der Waals surface area contributed by atoms with Gasteiger partial charge in [0.05, 0.1) is 25.6 Å². The van der Waals surface area contributed by atoms with Crippen molar-refractivity contribution in [3.05, 3.63) is 34.9 Å². The molecular formula is C16H23NO5S. The largest absolute Gasteiger partial charge is 0.373 e. The molecule has 2 rings (SSSR count). The lowest BCUT2D eigenvalue weighted by Gasteiger charge is -2.26. The Bertz CT molecular complexity index is 656. The Kier molecular flexibility index (Phi) is 6.15. The summed E-state index contributed by atoms with van der Waals surface area (Å²) in [5.41, 5.74) is 2.72. The van der Waals surface area contributed by atoms with Gasteiger partial charge in [0, 0.05) is 18.5 Å². The van der Waals surface area contributed by atoms with Crippen LogP contribution >= 0.6 is 0 Å². The van der Waals surface area contributed by atoms with Crippen molar-refractivity contribution in [2.45, 2.75) is 32.3 Å². The van der Waals surface area contributed by atoms with E-state index in [1.165, 1.54) is 0 Å². The highest BCUT2D eigenvalue weighted by molar-refractivity contribution is 7.85. The number of rotatable bonds is 7. The number of hydrogen-bond donors (Lipinski definition) is 1. The minimum absolute atomic E-state index is 0.0712. The van der Waals surface area contributed by atoms with Crippen molar-refractivity contribution >= 4 is 16.0 Å². The van der Waals surface area contributed by atoms with Crippen LogP contribution in [0.3, 0.4) is 0 Å². The molecule has 1 N–H and O–H groups in total. The van der Waals surface area contributed by atoms with Crippen LogP contribution in [0, 0.1) is 0 Å². The van der Waals surface area contributed by atoms with Crippen molar-refractivity contribution in [1.29, 1.82) is 0 Å². The molecule has 128 valence electrons. The molecule has 6 nitrogen and oxygen atoms in total. The predicted molar refractivity (Wildman–Crippen MR) is 86.9 cm³/mol. The number of fused-ring (bicyclic) bond motifs is 1. The summed E-state index contributed by atoms with van der Waals surface area (Å²) in [5, 5.41) is 2.86. The summed E-state index contributed by atoms with van der Waals surface area (Å²) < 4.78 is 32.5. The fourth-order valence-corrected chi connectivity index (χ4v) is 2.96. The van der Waals surface area contributed by atoms with Crippen molar-refractivity contribution < 1.29 is 22.1 Å². The van der Waals surface area contributed by atoms with Gasteiger partial charge in [-0.1, -0.05) is 13.0 Å². The Balaban J connectivity index is 2.06. The minimum Gasteiger partial charge on any atom is -0.373 e. The normalized spacial score (nSPS) is 17.6. The number of benzene rings is 1. The minimum atomic E-state index is -3.44. The first-order valence-electron chi connectivity index (χ1n) is 7.77. The predicted octanol–water partition coefficient (Wildman–Crippen LogP) is 1.81. The van der Waals surface area contributed by atoms with Crippen LogP contribution in [0.2, 0.25) is 0 Å². The fraction of sp³-hybridized carbons (Fsp3) is 0.562. The third-order valence-electron chi connectivity index (χ3n) is 3.66. The molecule has 1 aromatic rings. The first-order chi connectivity index (χ1) is 10.9. The third-order valence-corrected chi connectivity index (χ3v) is 4.25. The van der Waals surface area contributed by atoms with Crippen molar-refractivity contribution in [1.82, 2.24) is 5.32 Å². The maximum atomic E-state index is 12.0. The molecule has 0 saturated carbocycles. The van der Waals surface area contributed by atoms with Gasteiger partial charge in [-0.05, 0) is 36.1 Å². The highest BCUT2D eigenvalue weighted by atomic mass is 32.2. The molecule has 0 spiro atoms. The van der Waals surface area contributed by atoms with E-state index in [4.69, 9.17) is 8.92 Å². The number of nitrogens with one attached hydrogen (secondary N) is 1. The number of amides is 1. The number of hydrogen-bond acceptors (Lipinski definition) is 5. The molecule has 0 saturated heterocycles. The summed E-state index contributed by atoms with van der Waals surface area (Å²) in [4.78, 5) is 12.0. The second-order valence-electron chi connectivity index (χ2n) is 5.59. The Morgan fingerprint density at radius 1 is 1.43 bits per heavy atom. The quantitative estimate of drug-likeness (QED) is 0.765. The highest BCUT2D eigenvalue weighted by Gasteiger charge is 2.22. The Labute approximate surface area is 137 Å². The van der Waals surface area contributed by atoms with Gasteiger partial charge in [0.1, 0.15) is 0 Å². The standard InChI is InChI=1S/C16H23NO5S/c1-3-8-17-16(18)13-4-5-14-12(11-13)6-9-21-15(14)7-10-22-23(2,19)20/h4-5,11,15H,3,6-10H2,1-2H3,(H,17,18). The highest BCUT2D eigenvalue weighted by Crippen LogP contribution is 2.30. The fourth-order valence-electron chi connectivity index (χ4n) is 2.56. The van der Waals surface area contributed by atoms with Crippen LogP contribution in [0.15, 0.2) is 18.2 Å². The smallest absolute Gasteiger partial charge is 0.264 e. The molecule has 1 amide bonds. The topological polar surface area (TPSA) is 81.7 Å². The van der Waals surface area contributed by atoms with E-state index in [-0.39, 0.29) is 18.6 Å². The van der Waals surface area contributed by atoms with E-state index in [0.717, 1.165) is 30.2 Å². The lowest BCUT2D eigenvalue weighted by Crippen LogP contribution is -2.25. The second kappa shape index (κ2) is 7.90. The van der Waals surface area contributed by atoms with Crippen LogP contribution in [0.25, 0.3) is 0 Å². The lowest BCUT2D eigenvalue weighted by molar-refractivity contribution is 0.0282. The van der Waals surface area contributed by atoms with Crippen molar-refractivity contribution in [2.24, 2.45) is 0 Å². The summed E-state index contributed by atoms with van der Waals surface area (Å²) in [6.45, 7) is 3.30. The van der Waals surface area contributed by atoms with E-state index in [1.54, 1.807) is 6.07 Å². The van der Waals surface area contributed by atoms with Gasteiger partial charge in [-0.25, -0.2) is 0 Å². The summed E-state index contributed by atoms with van der Waals surface area (Å²) in [6.07, 6.45) is 2.93. The van der Waals surface area contributed by atoms with Gasteiger partial charge in [-0.2, -0.15) is 8.42 Å². The van der Waals surface area contributed by atoms with Gasteiger partial charge in [0.15, 0.2) is 0 Å². The summed E-state index contributed by atoms with van der Waals surface area (Å²) in [5.74, 6) is -0.0712. The Morgan fingerprint density at radius 2 is 2.22 bits per heavy atom. The van der Waals surface area contributed by atoms with Gasteiger partial charge in [-0.3, -0.25) is 8.98 Å². The van der Waals surface area contributed by atoms with Crippen LogP contribution in [-0.4, -0.2) is 40.3 Å². The van der Waals surface area contributed by atoms with Crippen LogP contribution in [0.5, 0.6) is 0 Å². The molecule has 1 atom stereocenters. The molecule has 1 aliphatic heterocycles. The van der Waals surface area contributed by atoms with Crippen molar-refractivity contribution in [2.75, 3.05) is 26.0 Å².